The molecule has 0 bridgehead atoms. The number of ether oxygens (including phenoxy) is 1. The molecule has 0 radical (unpaired) electrons. The Morgan fingerprint density at radius 2 is 1.96 bits per heavy atom. The predicted molar refractivity (Wildman–Crippen MR) is 93.3 cm³/mol. The summed E-state index contributed by atoms with van der Waals surface area (Å²) in [5.41, 5.74) is 0. The summed E-state index contributed by atoms with van der Waals surface area (Å²) in [7, 11) is 0. The Balaban J connectivity index is 1.74. The number of nitrogens with one attached hydrogen (secondary N) is 1. The number of hydrogen-bond donors (Lipinski definition) is 1. The molecule has 1 aliphatic heterocycles. The number of aromatic nitrogens is 2. The summed E-state index contributed by atoms with van der Waals surface area (Å²) >= 11 is 0. The number of furan rings is 1. The molecule has 1 unspecified atom stereocenters. The van der Waals surface area contributed by atoms with E-state index in [1.807, 2.05) is 26.8 Å². The van der Waals surface area contributed by atoms with E-state index < -0.39 is 0 Å². The summed E-state index contributed by atoms with van der Waals surface area (Å²) in [5.74, 6) is 3.16. The summed E-state index contributed by atoms with van der Waals surface area (Å²) in [6.45, 7) is 8.85. The quantitative estimate of drug-likeness (QED) is 0.839. The minimum absolute atomic E-state index is 0.0596. The van der Waals surface area contributed by atoms with Gasteiger partial charge in [-0.1, -0.05) is 0 Å². The lowest BCUT2D eigenvalue weighted by molar-refractivity contribution is 0.220. The standard InChI is InChI=1S/C18H26N4O2/c1-13(2)23-18-17(19-8-9-20-18)21-12-15(22-10-4-5-11-22)16-7-6-14(3)24-16/h6-9,13,15H,4-5,10-12H2,1-3H3,(H,19,21). The monoisotopic (exact) mass is 330 g/mol. The zero-order valence-electron chi connectivity index (χ0n) is 14.7. The smallest absolute Gasteiger partial charge is 0.257 e. The normalized spacial score (nSPS) is 16.5. The number of likely N-dealkylation sites (tertiary alicyclic amines) is 1. The molecule has 0 aromatic carbocycles. The summed E-state index contributed by atoms with van der Waals surface area (Å²) in [5, 5.41) is 3.40. The van der Waals surface area contributed by atoms with E-state index in [0.717, 1.165) is 24.6 Å². The van der Waals surface area contributed by atoms with Crippen LogP contribution in [0.15, 0.2) is 28.9 Å². The van der Waals surface area contributed by atoms with Crippen molar-refractivity contribution in [3.63, 3.8) is 0 Å². The Hall–Kier alpha value is -2.08. The lowest BCUT2D eigenvalue weighted by Crippen LogP contribution is -2.31. The van der Waals surface area contributed by atoms with Gasteiger partial charge in [-0.25, -0.2) is 9.97 Å². The van der Waals surface area contributed by atoms with Gasteiger partial charge in [0.05, 0.1) is 12.1 Å². The van der Waals surface area contributed by atoms with Crippen molar-refractivity contribution in [3.8, 4) is 5.88 Å². The second-order valence-corrected chi connectivity index (χ2v) is 6.46. The number of nitrogens with zero attached hydrogens (tertiary/aromatic N) is 3. The Labute approximate surface area is 143 Å². The van der Waals surface area contributed by atoms with Crippen molar-refractivity contribution in [3.05, 3.63) is 36.0 Å². The summed E-state index contributed by atoms with van der Waals surface area (Å²) in [4.78, 5) is 11.1. The van der Waals surface area contributed by atoms with Crippen molar-refractivity contribution in [1.82, 2.24) is 14.9 Å². The van der Waals surface area contributed by atoms with Crippen LogP contribution in [0.3, 0.4) is 0 Å². The average Bonchev–Trinajstić information content (AvgIpc) is 3.21. The maximum Gasteiger partial charge on any atom is 0.257 e. The highest BCUT2D eigenvalue weighted by molar-refractivity contribution is 5.45. The second-order valence-electron chi connectivity index (χ2n) is 6.46. The molecular formula is C18H26N4O2. The molecule has 2 aromatic rings. The summed E-state index contributed by atoms with van der Waals surface area (Å²) in [6, 6.07) is 4.28. The topological polar surface area (TPSA) is 63.4 Å². The highest BCUT2D eigenvalue weighted by atomic mass is 16.5. The third-order valence-electron chi connectivity index (χ3n) is 4.15. The van der Waals surface area contributed by atoms with Gasteiger partial charge in [-0.2, -0.15) is 0 Å². The zero-order valence-corrected chi connectivity index (χ0v) is 14.7. The van der Waals surface area contributed by atoms with Crippen molar-refractivity contribution >= 4 is 5.82 Å². The molecule has 1 N–H and O–H groups in total. The largest absolute Gasteiger partial charge is 0.472 e. The van der Waals surface area contributed by atoms with Gasteiger partial charge >= 0.3 is 0 Å². The molecule has 0 amide bonds. The van der Waals surface area contributed by atoms with Crippen molar-refractivity contribution < 1.29 is 9.15 Å². The molecule has 3 rings (SSSR count). The van der Waals surface area contributed by atoms with Gasteiger partial charge in [0.15, 0.2) is 5.82 Å². The van der Waals surface area contributed by atoms with Gasteiger partial charge in [0.2, 0.25) is 0 Å². The van der Waals surface area contributed by atoms with Crippen molar-refractivity contribution in [2.75, 3.05) is 25.0 Å². The molecule has 0 saturated carbocycles. The fourth-order valence-corrected chi connectivity index (χ4v) is 3.04. The van der Waals surface area contributed by atoms with Gasteiger partial charge < -0.3 is 14.5 Å². The van der Waals surface area contributed by atoms with Gasteiger partial charge in [-0.05, 0) is 58.8 Å². The Bertz CT molecular complexity index is 650. The molecule has 6 nitrogen and oxygen atoms in total. The summed E-state index contributed by atoms with van der Waals surface area (Å²) < 4.78 is 11.6. The van der Waals surface area contributed by atoms with Crippen molar-refractivity contribution in [1.29, 1.82) is 0 Å². The molecule has 1 fully saturated rings. The third kappa shape index (κ3) is 4.06. The molecule has 3 heterocycles. The molecule has 1 saturated heterocycles. The Morgan fingerprint density at radius 1 is 1.21 bits per heavy atom. The van der Waals surface area contributed by atoms with Gasteiger partial charge in [0.1, 0.15) is 11.5 Å². The van der Waals surface area contributed by atoms with Crippen LogP contribution in [0, 0.1) is 6.92 Å². The van der Waals surface area contributed by atoms with Gasteiger partial charge in [0.25, 0.3) is 5.88 Å². The van der Waals surface area contributed by atoms with Crippen LogP contribution in [0.25, 0.3) is 0 Å². The van der Waals surface area contributed by atoms with E-state index in [9.17, 15) is 0 Å². The first-order chi connectivity index (χ1) is 11.6. The summed E-state index contributed by atoms with van der Waals surface area (Å²) in [6.07, 6.45) is 5.87. The molecule has 1 atom stereocenters. The maximum atomic E-state index is 5.89. The maximum absolute atomic E-state index is 5.89. The van der Waals surface area contributed by atoms with E-state index in [4.69, 9.17) is 9.15 Å². The van der Waals surface area contributed by atoms with Crippen molar-refractivity contribution in [2.45, 2.75) is 45.8 Å². The van der Waals surface area contributed by atoms with E-state index in [2.05, 4.69) is 26.3 Å². The molecule has 6 heteroatoms. The van der Waals surface area contributed by atoms with Gasteiger partial charge in [-0.3, -0.25) is 4.90 Å². The van der Waals surface area contributed by atoms with Crippen molar-refractivity contribution in [2.24, 2.45) is 0 Å². The minimum atomic E-state index is 0.0596. The van der Waals surface area contributed by atoms with E-state index in [0.29, 0.717) is 18.2 Å². The average molecular weight is 330 g/mol. The van der Waals surface area contributed by atoms with Gasteiger partial charge in [-0.15, -0.1) is 0 Å². The highest BCUT2D eigenvalue weighted by Gasteiger charge is 2.26. The van der Waals surface area contributed by atoms with Crippen LogP contribution in [0.5, 0.6) is 5.88 Å². The van der Waals surface area contributed by atoms with E-state index in [1.165, 1.54) is 12.8 Å². The van der Waals surface area contributed by atoms with Crippen LogP contribution in [0.1, 0.15) is 44.3 Å². The van der Waals surface area contributed by atoms with E-state index in [-0.39, 0.29) is 12.1 Å². The molecule has 130 valence electrons. The first-order valence-electron chi connectivity index (χ1n) is 8.65. The molecular weight excluding hydrogens is 304 g/mol. The van der Waals surface area contributed by atoms with Crippen LogP contribution in [-0.4, -0.2) is 40.6 Å². The van der Waals surface area contributed by atoms with Crippen LogP contribution in [-0.2, 0) is 0 Å². The number of hydrogen-bond acceptors (Lipinski definition) is 6. The van der Waals surface area contributed by atoms with Crippen LogP contribution < -0.4 is 10.1 Å². The predicted octanol–water partition coefficient (Wildman–Crippen LogP) is 3.41. The molecule has 0 spiro atoms. The number of aryl methyl sites for hydroxylation is 1. The first-order valence-corrected chi connectivity index (χ1v) is 8.65. The first kappa shape index (κ1) is 16.8. The van der Waals surface area contributed by atoms with Gasteiger partial charge in [0, 0.05) is 18.9 Å². The molecule has 0 aliphatic carbocycles. The fraction of sp³-hybridized carbons (Fsp3) is 0.556. The number of rotatable bonds is 7. The second kappa shape index (κ2) is 7.66. The Kier molecular flexibility index (Phi) is 5.35. The van der Waals surface area contributed by atoms with Crippen LogP contribution in [0.2, 0.25) is 0 Å². The molecule has 2 aromatic heterocycles. The molecule has 24 heavy (non-hydrogen) atoms. The molecule has 1 aliphatic rings. The SMILES string of the molecule is Cc1ccc(C(CNc2nccnc2OC(C)C)N2CCCC2)o1. The minimum Gasteiger partial charge on any atom is -0.472 e. The zero-order chi connectivity index (χ0) is 16.9. The van der Waals surface area contributed by atoms with E-state index in [1.54, 1.807) is 12.4 Å². The highest BCUT2D eigenvalue weighted by Crippen LogP contribution is 2.28. The lowest BCUT2D eigenvalue weighted by Gasteiger charge is -2.26. The Morgan fingerprint density at radius 3 is 2.62 bits per heavy atom. The fourth-order valence-electron chi connectivity index (χ4n) is 3.04. The third-order valence-corrected chi connectivity index (χ3v) is 4.15. The van der Waals surface area contributed by atoms with Crippen LogP contribution in [0.4, 0.5) is 5.82 Å². The number of anilines is 1. The lowest BCUT2D eigenvalue weighted by atomic mass is 10.2. The van der Waals surface area contributed by atoms with Crippen LogP contribution >= 0.6 is 0 Å². The van der Waals surface area contributed by atoms with E-state index >= 15 is 0 Å².